The number of halogens is 2. The zero-order valence-corrected chi connectivity index (χ0v) is 12.6. The van der Waals surface area contributed by atoms with Gasteiger partial charge in [0.25, 0.3) is 0 Å². The molecule has 106 valence electrons. The smallest absolute Gasteiger partial charge is 0.321 e. The van der Waals surface area contributed by atoms with E-state index in [4.69, 9.17) is 27.9 Å². The Hall–Kier alpha value is -1.36. The van der Waals surface area contributed by atoms with Gasteiger partial charge < -0.3 is 10.1 Å². The van der Waals surface area contributed by atoms with Crippen molar-refractivity contribution in [3.05, 3.63) is 46.2 Å². The average molecular weight is 312 g/mol. The lowest BCUT2D eigenvalue weighted by Crippen LogP contribution is -2.14. The molecular weight excluding hydrogens is 297 g/mol. The van der Waals surface area contributed by atoms with Gasteiger partial charge in [-0.1, -0.05) is 30.1 Å². The predicted molar refractivity (Wildman–Crippen MR) is 80.6 cm³/mol. The van der Waals surface area contributed by atoms with E-state index in [0.717, 1.165) is 25.1 Å². The van der Waals surface area contributed by atoms with Gasteiger partial charge in [0.1, 0.15) is 0 Å². The van der Waals surface area contributed by atoms with Crippen molar-refractivity contribution >= 4 is 23.2 Å². The molecule has 1 aromatic heterocycles. The van der Waals surface area contributed by atoms with Crippen LogP contribution in [0, 0.1) is 0 Å². The molecule has 1 N–H and O–H groups in total. The molecule has 0 saturated carbocycles. The second-order valence-electron chi connectivity index (χ2n) is 4.23. The minimum atomic E-state index is 0.244. The van der Waals surface area contributed by atoms with Crippen molar-refractivity contribution in [2.24, 2.45) is 0 Å². The number of nitrogens with one attached hydrogen (secondary N) is 1. The Morgan fingerprint density at radius 2 is 1.95 bits per heavy atom. The molecule has 1 aromatic carbocycles. The minimum Gasteiger partial charge on any atom is -0.423 e. The maximum absolute atomic E-state index is 6.01. The van der Waals surface area contributed by atoms with Gasteiger partial charge in [-0.25, -0.2) is 9.97 Å². The van der Waals surface area contributed by atoms with Crippen LogP contribution < -0.4 is 10.1 Å². The number of aromatic nitrogens is 2. The number of hydrogen-bond donors (Lipinski definition) is 1. The zero-order valence-electron chi connectivity index (χ0n) is 11.1. The van der Waals surface area contributed by atoms with E-state index in [2.05, 4.69) is 22.2 Å². The Labute approximate surface area is 128 Å². The molecule has 0 atom stereocenters. The minimum absolute atomic E-state index is 0.244. The molecule has 0 aliphatic rings. The highest BCUT2D eigenvalue weighted by Gasteiger charge is 2.06. The molecule has 0 fully saturated rings. The maximum Gasteiger partial charge on any atom is 0.321 e. The van der Waals surface area contributed by atoms with Crippen LogP contribution in [-0.4, -0.2) is 16.5 Å². The Balaban J connectivity index is 2.01. The zero-order chi connectivity index (χ0) is 14.4. The van der Waals surface area contributed by atoms with E-state index in [0.29, 0.717) is 15.8 Å². The predicted octanol–water partition coefficient (Wildman–Crippen LogP) is 4.08. The van der Waals surface area contributed by atoms with Crippen LogP contribution >= 0.6 is 23.2 Å². The highest BCUT2D eigenvalue weighted by atomic mass is 35.5. The summed E-state index contributed by atoms with van der Waals surface area (Å²) in [5.41, 5.74) is 1.00. The normalized spacial score (nSPS) is 10.6. The van der Waals surface area contributed by atoms with Gasteiger partial charge in [0.05, 0.1) is 5.02 Å². The number of ether oxygens (including phenoxy) is 1. The molecule has 0 unspecified atom stereocenters. The summed E-state index contributed by atoms with van der Waals surface area (Å²) >= 11 is 11.9. The van der Waals surface area contributed by atoms with Crippen LogP contribution in [0.3, 0.4) is 0 Å². The topological polar surface area (TPSA) is 47.0 Å². The highest BCUT2D eigenvalue weighted by Crippen LogP contribution is 2.30. The molecule has 4 nitrogen and oxygen atoms in total. The quantitative estimate of drug-likeness (QED) is 0.817. The fourth-order valence-corrected chi connectivity index (χ4v) is 1.87. The number of benzene rings is 1. The van der Waals surface area contributed by atoms with Gasteiger partial charge in [0, 0.05) is 35.6 Å². The maximum atomic E-state index is 6.01. The Kier molecular flexibility index (Phi) is 5.59. The van der Waals surface area contributed by atoms with Gasteiger partial charge in [-0.05, 0) is 25.1 Å². The lowest BCUT2D eigenvalue weighted by molar-refractivity contribution is 0.441. The van der Waals surface area contributed by atoms with Crippen LogP contribution in [0.15, 0.2) is 30.6 Å². The molecule has 0 amide bonds. The molecule has 1 heterocycles. The van der Waals surface area contributed by atoms with Gasteiger partial charge in [-0.2, -0.15) is 0 Å². The third-order valence-electron chi connectivity index (χ3n) is 2.53. The average Bonchev–Trinajstić information content (AvgIpc) is 2.45. The summed E-state index contributed by atoms with van der Waals surface area (Å²) in [4.78, 5) is 8.30. The molecule has 20 heavy (non-hydrogen) atoms. The molecule has 6 heteroatoms. The van der Waals surface area contributed by atoms with Crippen molar-refractivity contribution in [3.8, 4) is 11.8 Å². The van der Waals surface area contributed by atoms with E-state index in [1.165, 1.54) is 0 Å². The first-order chi connectivity index (χ1) is 9.69. The fourth-order valence-electron chi connectivity index (χ4n) is 1.55. The highest BCUT2D eigenvalue weighted by molar-refractivity contribution is 6.34. The van der Waals surface area contributed by atoms with Crippen LogP contribution in [0.1, 0.15) is 18.9 Å². The summed E-state index contributed by atoms with van der Waals surface area (Å²) in [6, 6.07) is 5.24. The molecule has 0 radical (unpaired) electrons. The number of hydrogen-bond acceptors (Lipinski definition) is 4. The SMILES string of the molecule is CCCNCc1cnc(Oc2cc(Cl)ccc2Cl)nc1. The first-order valence-electron chi connectivity index (χ1n) is 6.33. The van der Waals surface area contributed by atoms with Crippen molar-refractivity contribution in [1.82, 2.24) is 15.3 Å². The summed E-state index contributed by atoms with van der Waals surface area (Å²) in [6.45, 7) is 3.83. The van der Waals surface area contributed by atoms with Crippen LogP contribution in [0.25, 0.3) is 0 Å². The van der Waals surface area contributed by atoms with E-state index >= 15 is 0 Å². The molecule has 0 spiro atoms. The van der Waals surface area contributed by atoms with Gasteiger partial charge in [0.15, 0.2) is 5.75 Å². The van der Waals surface area contributed by atoms with E-state index in [-0.39, 0.29) is 6.01 Å². The first-order valence-corrected chi connectivity index (χ1v) is 7.09. The third kappa shape index (κ3) is 4.34. The Bertz CT molecular complexity index is 561. The molecule has 2 rings (SSSR count). The summed E-state index contributed by atoms with van der Waals surface area (Å²) in [7, 11) is 0. The van der Waals surface area contributed by atoms with Crippen molar-refractivity contribution < 1.29 is 4.74 Å². The summed E-state index contributed by atoms with van der Waals surface area (Å²) < 4.78 is 5.51. The van der Waals surface area contributed by atoms with E-state index in [9.17, 15) is 0 Å². The van der Waals surface area contributed by atoms with Gasteiger partial charge >= 0.3 is 6.01 Å². The molecule has 0 aliphatic carbocycles. The second-order valence-corrected chi connectivity index (χ2v) is 5.07. The molecule has 0 saturated heterocycles. The second kappa shape index (κ2) is 7.43. The summed E-state index contributed by atoms with van der Waals surface area (Å²) in [5, 5.41) is 4.29. The Morgan fingerprint density at radius 1 is 1.20 bits per heavy atom. The lowest BCUT2D eigenvalue weighted by Gasteiger charge is -2.07. The van der Waals surface area contributed by atoms with Crippen molar-refractivity contribution in [1.29, 1.82) is 0 Å². The van der Waals surface area contributed by atoms with Crippen LogP contribution in [0.4, 0.5) is 0 Å². The van der Waals surface area contributed by atoms with Gasteiger partial charge in [-0.3, -0.25) is 0 Å². The monoisotopic (exact) mass is 311 g/mol. The summed E-state index contributed by atoms with van der Waals surface area (Å²) in [6.07, 6.45) is 4.54. The largest absolute Gasteiger partial charge is 0.423 e. The molecule has 2 aromatic rings. The van der Waals surface area contributed by atoms with Crippen LogP contribution in [0.5, 0.6) is 11.8 Å². The molecule has 0 aliphatic heterocycles. The van der Waals surface area contributed by atoms with Crippen LogP contribution in [-0.2, 0) is 6.54 Å². The lowest BCUT2D eigenvalue weighted by atomic mass is 10.3. The molecular formula is C14H15Cl2N3O. The standard InChI is InChI=1S/C14H15Cl2N3O/c1-2-5-17-7-10-8-18-14(19-9-10)20-13-6-11(15)3-4-12(13)16/h3-4,6,8-9,17H,2,5,7H2,1H3. The first kappa shape index (κ1) is 15.0. The van der Waals surface area contributed by atoms with E-state index < -0.39 is 0 Å². The van der Waals surface area contributed by atoms with Crippen molar-refractivity contribution in [3.63, 3.8) is 0 Å². The van der Waals surface area contributed by atoms with E-state index in [1.54, 1.807) is 30.6 Å². The van der Waals surface area contributed by atoms with Crippen LogP contribution in [0.2, 0.25) is 10.0 Å². The summed E-state index contributed by atoms with van der Waals surface area (Å²) in [5.74, 6) is 0.441. The Morgan fingerprint density at radius 3 is 2.65 bits per heavy atom. The molecule has 0 bridgehead atoms. The van der Waals surface area contributed by atoms with E-state index in [1.807, 2.05) is 0 Å². The number of nitrogens with zero attached hydrogens (tertiary/aromatic N) is 2. The van der Waals surface area contributed by atoms with Gasteiger partial charge in [0.2, 0.25) is 0 Å². The number of rotatable bonds is 6. The fraction of sp³-hybridized carbons (Fsp3) is 0.286. The van der Waals surface area contributed by atoms with Crippen molar-refractivity contribution in [2.45, 2.75) is 19.9 Å². The van der Waals surface area contributed by atoms with Gasteiger partial charge in [-0.15, -0.1) is 0 Å². The van der Waals surface area contributed by atoms with Crippen molar-refractivity contribution in [2.75, 3.05) is 6.54 Å². The third-order valence-corrected chi connectivity index (χ3v) is 3.08.